The Balaban J connectivity index is 1.44. The molecule has 0 aliphatic heterocycles. The molecule has 210 valence electrons. The number of hydrogen-bond acceptors (Lipinski definition) is 1. The summed E-state index contributed by atoms with van der Waals surface area (Å²) in [6.45, 7) is 6.80. The van der Waals surface area contributed by atoms with Gasteiger partial charge >= 0.3 is 0 Å². The molecule has 2 aliphatic carbocycles. The normalized spacial score (nSPS) is 16.9. The minimum absolute atomic E-state index is 0.136. The Hall–Kier alpha value is -3.06. The Bertz CT molecular complexity index is 1310. The lowest BCUT2D eigenvalue weighted by Gasteiger charge is -2.34. The zero-order chi connectivity index (χ0) is 28.0. The van der Waals surface area contributed by atoms with Gasteiger partial charge in [0.25, 0.3) is 0 Å². The number of anilines is 1. The van der Waals surface area contributed by atoms with E-state index in [4.69, 9.17) is 0 Å². The van der Waals surface area contributed by atoms with E-state index in [-0.39, 0.29) is 5.41 Å². The summed E-state index contributed by atoms with van der Waals surface area (Å²) in [6.07, 6.45) is 21.3. The van der Waals surface area contributed by atoms with Gasteiger partial charge in [-0.15, -0.1) is 0 Å². The van der Waals surface area contributed by atoms with Gasteiger partial charge in [0.15, 0.2) is 0 Å². The Morgan fingerprint density at radius 3 is 2.08 bits per heavy atom. The molecule has 0 N–H and O–H groups in total. The third-order valence-corrected chi connectivity index (χ3v) is 9.53. The minimum atomic E-state index is 0.136. The fourth-order valence-corrected chi connectivity index (χ4v) is 7.09. The molecule has 3 aromatic carbocycles. The first kappa shape index (κ1) is 28.5. The Labute approximate surface area is 244 Å². The van der Waals surface area contributed by atoms with Gasteiger partial charge in [0.1, 0.15) is 0 Å². The van der Waals surface area contributed by atoms with Crippen molar-refractivity contribution in [2.24, 2.45) is 0 Å². The van der Waals surface area contributed by atoms with Gasteiger partial charge < -0.3 is 4.90 Å². The SMILES string of the molecule is CCCCCCC1(CCCCCC)c2ccccc2-c2ccc(N(C)C3=CCC(c4ccc(C)cc4)C=C3)cc21. The minimum Gasteiger partial charge on any atom is -0.345 e. The van der Waals surface area contributed by atoms with Crippen LogP contribution in [0, 0.1) is 6.92 Å². The second kappa shape index (κ2) is 13.1. The number of likely N-dealkylation sites (N-methyl/N-ethyl adjacent to an activating group) is 1. The third-order valence-electron chi connectivity index (χ3n) is 9.53. The van der Waals surface area contributed by atoms with Gasteiger partial charge in [0.05, 0.1) is 0 Å². The van der Waals surface area contributed by atoms with Crippen molar-refractivity contribution in [3.8, 4) is 11.1 Å². The molecule has 0 saturated carbocycles. The fourth-order valence-electron chi connectivity index (χ4n) is 7.09. The summed E-state index contributed by atoms with van der Waals surface area (Å²) in [7, 11) is 2.25. The van der Waals surface area contributed by atoms with E-state index in [1.54, 1.807) is 11.1 Å². The van der Waals surface area contributed by atoms with E-state index in [1.807, 2.05) is 0 Å². The quantitative estimate of drug-likeness (QED) is 0.198. The molecule has 0 spiro atoms. The van der Waals surface area contributed by atoms with Crippen molar-refractivity contribution in [1.29, 1.82) is 0 Å². The van der Waals surface area contributed by atoms with Crippen molar-refractivity contribution >= 4 is 5.69 Å². The molecular weight excluding hydrogens is 482 g/mol. The molecule has 0 radical (unpaired) electrons. The highest BCUT2D eigenvalue weighted by atomic mass is 15.1. The second-order valence-corrected chi connectivity index (χ2v) is 12.3. The van der Waals surface area contributed by atoms with Crippen molar-refractivity contribution < 1.29 is 0 Å². The monoisotopic (exact) mass is 531 g/mol. The molecule has 3 aromatic rings. The van der Waals surface area contributed by atoms with Crippen LogP contribution in [0.1, 0.15) is 113 Å². The highest BCUT2D eigenvalue weighted by Crippen LogP contribution is 2.55. The average molecular weight is 532 g/mol. The number of aryl methyl sites for hydroxylation is 1. The van der Waals surface area contributed by atoms with Crippen molar-refractivity contribution in [1.82, 2.24) is 0 Å². The van der Waals surface area contributed by atoms with Crippen LogP contribution >= 0.6 is 0 Å². The first-order valence-electron chi connectivity index (χ1n) is 16.0. The average Bonchev–Trinajstić information content (AvgIpc) is 3.27. The van der Waals surface area contributed by atoms with E-state index in [1.165, 1.54) is 97.8 Å². The maximum atomic E-state index is 2.55. The van der Waals surface area contributed by atoms with Crippen molar-refractivity contribution in [3.05, 3.63) is 113 Å². The lowest BCUT2D eigenvalue weighted by atomic mass is 9.70. The summed E-state index contributed by atoms with van der Waals surface area (Å²) in [5.41, 5.74) is 11.6. The molecule has 0 fully saturated rings. The molecule has 1 atom stereocenters. The van der Waals surface area contributed by atoms with Crippen LogP contribution in [0.15, 0.2) is 90.7 Å². The van der Waals surface area contributed by atoms with Gasteiger partial charge in [-0.3, -0.25) is 0 Å². The third kappa shape index (κ3) is 5.85. The predicted molar refractivity (Wildman–Crippen MR) is 174 cm³/mol. The number of rotatable bonds is 13. The van der Waals surface area contributed by atoms with Crippen LogP contribution < -0.4 is 4.90 Å². The molecular formula is C39H49N. The molecule has 1 heteroatoms. The maximum Gasteiger partial charge on any atom is 0.0411 e. The van der Waals surface area contributed by atoms with E-state index < -0.39 is 0 Å². The number of unbranched alkanes of at least 4 members (excludes halogenated alkanes) is 6. The lowest BCUT2D eigenvalue weighted by molar-refractivity contribution is 0.401. The van der Waals surface area contributed by atoms with E-state index in [9.17, 15) is 0 Å². The number of fused-ring (bicyclic) bond motifs is 3. The first-order valence-corrected chi connectivity index (χ1v) is 16.0. The standard InChI is InChI=1S/C39H49N/c1-5-7-9-13-27-39(28-14-10-8-6-2)37-16-12-11-15-35(37)36-26-25-34(29-38(36)39)40(4)33-23-21-32(22-24-33)31-19-17-30(3)18-20-31/h11-12,15-21,23-26,29,32H,5-10,13-14,22,27-28H2,1-4H3. The zero-order valence-corrected chi connectivity index (χ0v) is 25.4. The van der Waals surface area contributed by atoms with Gasteiger partial charge in [0.2, 0.25) is 0 Å². The Kier molecular flexibility index (Phi) is 9.30. The molecule has 0 saturated heterocycles. The van der Waals surface area contributed by atoms with E-state index in [2.05, 4.69) is 118 Å². The summed E-state index contributed by atoms with van der Waals surface area (Å²) < 4.78 is 0. The van der Waals surface area contributed by atoms with Gasteiger partial charge in [0, 0.05) is 29.8 Å². The summed E-state index contributed by atoms with van der Waals surface area (Å²) in [6, 6.07) is 25.7. The fraction of sp³-hybridized carbons (Fsp3) is 0.436. The van der Waals surface area contributed by atoms with Crippen LogP contribution in [-0.2, 0) is 5.41 Å². The van der Waals surface area contributed by atoms with Gasteiger partial charge in [-0.25, -0.2) is 0 Å². The van der Waals surface area contributed by atoms with Crippen LogP contribution in [0.2, 0.25) is 0 Å². The van der Waals surface area contributed by atoms with Gasteiger partial charge in [-0.2, -0.15) is 0 Å². The van der Waals surface area contributed by atoms with Crippen LogP contribution in [0.3, 0.4) is 0 Å². The van der Waals surface area contributed by atoms with Crippen molar-refractivity contribution in [2.75, 3.05) is 11.9 Å². The van der Waals surface area contributed by atoms with Crippen molar-refractivity contribution in [3.63, 3.8) is 0 Å². The summed E-state index contributed by atoms with van der Waals surface area (Å²) >= 11 is 0. The number of benzene rings is 3. The van der Waals surface area contributed by atoms with Gasteiger partial charge in [-0.1, -0.05) is 138 Å². The first-order chi connectivity index (χ1) is 19.6. The molecule has 5 rings (SSSR count). The summed E-state index contributed by atoms with van der Waals surface area (Å²) in [4.78, 5) is 2.41. The molecule has 0 aromatic heterocycles. The van der Waals surface area contributed by atoms with Crippen molar-refractivity contribution in [2.45, 2.75) is 103 Å². The topological polar surface area (TPSA) is 3.24 Å². The number of allylic oxidation sites excluding steroid dienone is 3. The molecule has 0 bridgehead atoms. The molecule has 1 unspecified atom stereocenters. The van der Waals surface area contributed by atoms with Crippen LogP contribution in [0.4, 0.5) is 5.69 Å². The lowest BCUT2D eigenvalue weighted by Crippen LogP contribution is -2.26. The summed E-state index contributed by atoms with van der Waals surface area (Å²) in [5, 5.41) is 0. The smallest absolute Gasteiger partial charge is 0.0411 e. The van der Waals surface area contributed by atoms with E-state index in [0.717, 1.165) is 6.42 Å². The number of nitrogens with zero attached hydrogens (tertiary/aromatic N) is 1. The molecule has 2 aliphatic rings. The molecule has 1 nitrogen and oxygen atoms in total. The van der Waals surface area contributed by atoms with E-state index >= 15 is 0 Å². The Morgan fingerprint density at radius 2 is 1.43 bits per heavy atom. The molecule has 0 heterocycles. The largest absolute Gasteiger partial charge is 0.345 e. The molecule has 0 amide bonds. The Morgan fingerprint density at radius 1 is 0.750 bits per heavy atom. The highest BCUT2D eigenvalue weighted by Gasteiger charge is 2.42. The number of hydrogen-bond donors (Lipinski definition) is 0. The van der Waals surface area contributed by atoms with Crippen LogP contribution in [-0.4, -0.2) is 7.05 Å². The van der Waals surface area contributed by atoms with Crippen LogP contribution in [0.25, 0.3) is 11.1 Å². The summed E-state index contributed by atoms with van der Waals surface area (Å²) in [5.74, 6) is 0.464. The van der Waals surface area contributed by atoms with Crippen LogP contribution in [0.5, 0.6) is 0 Å². The second-order valence-electron chi connectivity index (χ2n) is 12.3. The predicted octanol–water partition coefficient (Wildman–Crippen LogP) is 11.3. The molecule has 40 heavy (non-hydrogen) atoms. The van der Waals surface area contributed by atoms with E-state index in [0.29, 0.717) is 5.92 Å². The zero-order valence-electron chi connectivity index (χ0n) is 25.4. The highest BCUT2D eigenvalue weighted by molar-refractivity contribution is 5.83. The van der Waals surface area contributed by atoms with Gasteiger partial charge in [-0.05, 0) is 72.2 Å². The maximum absolute atomic E-state index is 2.55.